The number of carbonyl (C=O) groups is 3. The van der Waals surface area contributed by atoms with E-state index in [9.17, 15) is 28.6 Å². The second kappa shape index (κ2) is 14.3. The quantitative estimate of drug-likeness (QED) is 0.228. The maximum Gasteiger partial charge on any atom is 0.407 e. The Bertz CT molecular complexity index is 1430. The van der Waals surface area contributed by atoms with Crippen molar-refractivity contribution in [1.82, 2.24) is 19.8 Å². The monoisotopic (exact) mass is 681 g/mol. The summed E-state index contributed by atoms with van der Waals surface area (Å²) in [5, 5.41) is 19.1. The average molecular weight is 682 g/mol. The van der Waals surface area contributed by atoms with Crippen LogP contribution < -0.4 is 16.0 Å². The van der Waals surface area contributed by atoms with Gasteiger partial charge in [0, 0.05) is 60.0 Å². The predicted octanol–water partition coefficient (Wildman–Crippen LogP) is 4.89. The topological polar surface area (TPSA) is 164 Å². The molecular formula is C31H41ClFN5O7S. The van der Waals surface area contributed by atoms with E-state index >= 15 is 4.39 Å². The smallest absolute Gasteiger partial charge is 0.407 e. The Balaban J connectivity index is 1.42. The summed E-state index contributed by atoms with van der Waals surface area (Å²) in [4.78, 5) is 39.9. The zero-order valence-corrected chi connectivity index (χ0v) is 27.2. The molecule has 2 aromatic rings. The number of piperidine rings is 1. The van der Waals surface area contributed by atoms with Crippen molar-refractivity contribution < 1.29 is 37.7 Å². The Hall–Kier alpha value is -3.14. The third-order valence-electron chi connectivity index (χ3n) is 9.51. The number of hydrogen-bond acceptors (Lipinski definition) is 8. The van der Waals surface area contributed by atoms with Crippen LogP contribution in [0, 0.1) is 5.82 Å². The van der Waals surface area contributed by atoms with Crippen LogP contribution in [0.3, 0.4) is 0 Å². The lowest BCUT2D eigenvalue weighted by atomic mass is 9.67. The second-order valence-electron chi connectivity index (χ2n) is 12.1. The van der Waals surface area contributed by atoms with Crippen LogP contribution in [0.1, 0.15) is 43.2 Å². The highest BCUT2D eigenvalue weighted by atomic mass is 35.5. The van der Waals surface area contributed by atoms with E-state index in [0.29, 0.717) is 42.3 Å². The van der Waals surface area contributed by atoms with Gasteiger partial charge in [0.25, 0.3) is 0 Å². The Labute approximate surface area is 274 Å². The van der Waals surface area contributed by atoms with Crippen LogP contribution in [0.25, 0.3) is 0 Å². The number of nitrogens with zero attached hydrogens (tertiary/aromatic N) is 2. The summed E-state index contributed by atoms with van der Waals surface area (Å²) in [6.45, 7) is 1.25. The molecule has 46 heavy (non-hydrogen) atoms. The van der Waals surface area contributed by atoms with Crippen LogP contribution in [0.15, 0.2) is 42.5 Å². The molecule has 5 rings (SSSR count). The van der Waals surface area contributed by atoms with Gasteiger partial charge >= 0.3 is 12.2 Å². The number of hydrogen-bond donors (Lipinski definition) is 6. The van der Waals surface area contributed by atoms with Crippen LogP contribution in [0.4, 0.5) is 19.7 Å². The summed E-state index contributed by atoms with van der Waals surface area (Å²) < 4.78 is 43.7. The van der Waals surface area contributed by atoms with Gasteiger partial charge in [0.1, 0.15) is 11.9 Å². The van der Waals surface area contributed by atoms with Gasteiger partial charge in [0.05, 0.1) is 12.9 Å². The summed E-state index contributed by atoms with van der Waals surface area (Å²) >= 11 is 6.16. The molecule has 2 bridgehead atoms. The molecule has 3 heterocycles. The van der Waals surface area contributed by atoms with Crippen molar-refractivity contribution in [2.45, 2.75) is 62.1 Å². The van der Waals surface area contributed by atoms with Crippen molar-refractivity contribution in [3.63, 3.8) is 0 Å². The number of rotatable bonds is 8. The third kappa shape index (κ3) is 7.37. The molecule has 252 valence electrons. The summed E-state index contributed by atoms with van der Waals surface area (Å²) in [5.74, 6) is -0.849. The first-order chi connectivity index (χ1) is 21.9. The van der Waals surface area contributed by atoms with Gasteiger partial charge in [-0.1, -0.05) is 29.8 Å². The van der Waals surface area contributed by atoms with E-state index < -0.39 is 46.1 Å². The molecule has 0 saturated carbocycles. The minimum absolute atomic E-state index is 0.113. The van der Waals surface area contributed by atoms with Crippen LogP contribution >= 0.6 is 22.4 Å². The molecule has 0 radical (unpaired) electrons. The van der Waals surface area contributed by atoms with E-state index in [1.807, 2.05) is 0 Å². The van der Waals surface area contributed by atoms with Gasteiger partial charge in [-0.15, -0.1) is 10.8 Å². The van der Waals surface area contributed by atoms with E-state index in [1.54, 1.807) is 34.6 Å². The number of methoxy groups -OCH3 is 1. The molecule has 0 spiro atoms. The van der Waals surface area contributed by atoms with Crippen LogP contribution in [0.5, 0.6) is 0 Å². The van der Waals surface area contributed by atoms with Crippen molar-refractivity contribution in [3.8, 4) is 0 Å². The highest BCUT2D eigenvalue weighted by Crippen LogP contribution is 2.49. The van der Waals surface area contributed by atoms with E-state index in [1.165, 1.54) is 24.1 Å². The first kappa shape index (κ1) is 34.2. The predicted molar refractivity (Wildman–Crippen MR) is 174 cm³/mol. The van der Waals surface area contributed by atoms with Crippen LogP contribution in [0.2, 0.25) is 5.02 Å². The lowest BCUT2D eigenvalue weighted by Gasteiger charge is -2.49. The van der Waals surface area contributed by atoms with Gasteiger partial charge in [-0.2, -0.15) is 0 Å². The molecule has 3 saturated heterocycles. The Morgan fingerprint density at radius 2 is 1.89 bits per heavy atom. The summed E-state index contributed by atoms with van der Waals surface area (Å²) in [6, 6.07) is 9.91. The van der Waals surface area contributed by atoms with Crippen molar-refractivity contribution in [1.29, 1.82) is 0 Å². The molecule has 3 amide bonds. The minimum atomic E-state index is -2.94. The second-order valence-corrected chi connectivity index (χ2v) is 14.7. The highest BCUT2D eigenvalue weighted by molar-refractivity contribution is 8.22. The molecule has 1 unspecified atom stereocenters. The number of alkyl carbamates (subject to hydrolysis) is 1. The molecule has 0 aromatic heterocycles. The van der Waals surface area contributed by atoms with Gasteiger partial charge in [-0.05, 0) is 68.4 Å². The van der Waals surface area contributed by atoms with Gasteiger partial charge in [-0.25, -0.2) is 18.3 Å². The number of halogens is 2. The number of piperazine rings is 1. The van der Waals surface area contributed by atoms with Gasteiger partial charge in [-0.3, -0.25) is 13.9 Å². The number of fused-ring (bicyclic) bond motifs is 2. The van der Waals surface area contributed by atoms with Crippen LogP contribution in [-0.4, -0.2) is 98.7 Å². The number of ether oxygens (including phenoxy) is 1. The zero-order chi connectivity index (χ0) is 33.1. The van der Waals surface area contributed by atoms with E-state index in [2.05, 4.69) is 16.0 Å². The number of likely N-dealkylation sites (tertiary alicyclic amines) is 1. The fraction of sp³-hybridized carbons (Fsp3) is 0.516. The lowest BCUT2D eigenvalue weighted by Crippen LogP contribution is -2.60. The number of nitrogens with one attached hydrogen (secondary N) is 3. The number of benzene rings is 2. The maximum atomic E-state index is 15.4. The first-order valence-corrected chi connectivity index (χ1v) is 17.4. The number of amides is 3. The Morgan fingerprint density at radius 1 is 1.17 bits per heavy atom. The van der Waals surface area contributed by atoms with Gasteiger partial charge in [0.2, 0.25) is 5.91 Å². The maximum absolute atomic E-state index is 15.4. The molecule has 3 aliphatic heterocycles. The molecule has 15 heteroatoms. The summed E-state index contributed by atoms with van der Waals surface area (Å²) in [6.07, 6.45) is 0.649. The van der Waals surface area contributed by atoms with E-state index in [-0.39, 0.29) is 55.7 Å². The molecule has 3 aliphatic rings. The van der Waals surface area contributed by atoms with Crippen molar-refractivity contribution in [3.05, 3.63) is 64.4 Å². The van der Waals surface area contributed by atoms with E-state index in [4.69, 9.17) is 16.3 Å². The van der Waals surface area contributed by atoms with Crippen molar-refractivity contribution >= 4 is 46.2 Å². The fourth-order valence-corrected chi connectivity index (χ4v) is 8.96. The number of anilines is 1. The normalized spacial score (nSPS) is 25.0. The lowest BCUT2D eigenvalue weighted by molar-refractivity contribution is -0.120. The van der Waals surface area contributed by atoms with Gasteiger partial charge in [0.15, 0.2) is 0 Å². The van der Waals surface area contributed by atoms with E-state index in [0.717, 1.165) is 6.42 Å². The molecule has 0 aliphatic carbocycles. The van der Waals surface area contributed by atoms with Crippen molar-refractivity contribution in [2.24, 2.45) is 0 Å². The number of carboxylic acid groups (broad SMARTS) is 1. The van der Waals surface area contributed by atoms with Crippen LogP contribution in [-0.2, 0) is 21.4 Å². The Kier molecular flexibility index (Phi) is 10.6. The molecule has 6 N–H and O–H groups in total. The molecule has 12 nitrogen and oxygen atoms in total. The Morgan fingerprint density at radius 3 is 2.57 bits per heavy atom. The minimum Gasteiger partial charge on any atom is -0.465 e. The van der Waals surface area contributed by atoms with Crippen molar-refractivity contribution in [2.75, 3.05) is 44.4 Å². The average Bonchev–Trinajstić information content (AvgIpc) is 3.15. The zero-order valence-electron chi connectivity index (χ0n) is 25.6. The third-order valence-corrected chi connectivity index (χ3v) is 11.8. The summed E-state index contributed by atoms with van der Waals surface area (Å²) in [5.41, 5.74) is 0.105. The first-order valence-electron chi connectivity index (χ1n) is 15.4. The molecular weight excluding hydrogens is 641 g/mol. The number of carbonyl (C=O) groups excluding carboxylic acids is 2. The fourth-order valence-electron chi connectivity index (χ4n) is 6.97. The SMILES string of the molecule is COC(=O)N[C@H](C(=O)Nc1cccc(F)c1CC[C@H]1CN[C@@H]2CCCS(O)(O)N1C2)C1(c2ccc(Cl)cc2)CCN(C(=O)O)CC1. The standard InChI is InChI=1S/C31H41ClFN5O7S/c1-45-29(40)36-27(31(20-7-9-21(32)10-8-20)13-15-37(16-14-31)30(41)42)28(39)35-26-6-2-5-25(33)24(26)12-11-23-18-34-22-4-3-17-46(43,44)38(23)19-22/h2,5-10,22-23,27,34,43-44H,3-4,11-19H2,1H3,(H,35,39)(H,36,40)(H,41,42)/t22-,23+,27-/m1/s1. The van der Waals surface area contributed by atoms with Gasteiger partial charge < -0.3 is 30.7 Å². The molecule has 3 fully saturated rings. The molecule has 2 aromatic carbocycles. The largest absolute Gasteiger partial charge is 0.465 e. The highest BCUT2D eigenvalue weighted by Gasteiger charge is 2.48. The summed E-state index contributed by atoms with van der Waals surface area (Å²) in [7, 11) is -1.76. The molecule has 4 atom stereocenters.